The molecule has 0 radical (unpaired) electrons. The molecule has 0 saturated carbocycles. The van der Waals surface area contributed by atoms with Gasteiger partial charge in [0.2, 0.25) is 5.91 Å². The summed E-state index contributed by atoms with van der Waals surface area (Å²) in [6.07, 6.45) is 0.152. The van der Waals surface area contributed by atoms with Gasteiger partial charge in [0.15, 0.2) is 0 Å². The van der Waals surface area contributed by atoms with E-state index in [2.05, 4.69) is 20.4 Å². The fourth-order valence-corrected chi connectivity index (χ4v) is 4.76. The maximum Gasteiger partial charge on any atom is 0.226 e. The molecule has 170 valence electrons. The lowest BCUT2D eigenvalue weighted by atomic mass is 10.2. The molecule has 1 saturated heterocycles. The van der Waals surface area contributed by atoms with Crippen LogP contribution in [0.1, 0.15) is 21.9 Å². The fourth-order valence-electron chi connectivity index (χ4n) is 3.55. The van der Waals surface area contributed by atoms with E-state index in [0.717, 1.165) is 46.5 Å². The van der Waals surface area contributed by atoms with E-state index in [1.807, 2.05) is 38.1 Å². The van der Waals surface area contributed by atoms with Gasteiger partial charge in [-0.2, -0.15) is 0 Å². The number of amides is 1. The number of aromatic nitrogens is 2. The molecule has 10 heteroatoms. The summed E-state index contributed by atoms with van der Waals surface area (Å²) in [4.78, 5) is 20.4. The van der Waals surface area contributed by atoms with E-state index < -0.39 is 0 Å². The van der Waals surface area contributed by atoms with E-state index in [-0.39, 0.29) is 18.4 Å². The van der Waals surface area contributed by atoms with Crippen LogP contribution in [-0.4, -0.2) is 53.3 Å². The summed E-state index contributed by atoms with van der Waals surface area (Å²) in [5.41, 5.74) is 2.55. The molecule has 1 amide bonds. The third-order valence-electron chi connectivity index (χ3n) is 5.21. The van der Waals surface area contributed by atoms with Crippen molar-refractivity contribution in [3.05, 3.63) is 56.2 Å². The second-order valence-electron chi connectivity index (χ2n) is 7.80. The van der Waals surface area contributed by atoms with Gasteiger partial charge < -0.3 is 14.6 Å². The average molecular weight is 495 g/mol. The van der Waals surface area contributed by atoms with E-state index in [1.54, 1.807) is 0 Å². The monoisotopic (exact) mass is 494 g/mol. The smallest absolute Gasteiger partial charge is 0.226 e. The van der Waals surface area contributed by atoms with Gasteiger partial charge in [-0.1, -0.05) is 34.4 Å². The van der Waals surface area contributed by atoms with Crippen molar-refractivity contribution in [2.24, 2.45) is 0 Å². The van der Waals surface area contributed by atoms with Gasteiger partial charge in [0.1, 0.15) is 16.5 Å². The molecule has 7 nitrogen and oxygen atoms in total. The second kappa shape index (κ2) is 10.3. The first kappa shape index (κ1) is 23.2. The number of halogens is 2. The maximum atomic E-state index is 12.5. The number of hydrogen-bond donors (Lipinski definition) is 1. The number of benzene rings is 1. The molecule has 1 aromatic carbocycles. The van der Waals surface area contributed by atoms with Gasteiger partial charge in [0.05, 0.1) is 34.9 Å². The van der Waals surface area contributed by atoms with E-state index in [1.165, 1.54) is 11.3 Å². The maximum absolute atomic E-state index is 12.5. The van der Waals surface area contributed by atoms with Crippen molar-refractivity contribution in [3.8, 4) is 10.7 Å². The Balaban J connectivity index is 1.27. The largest absolute Gasteiger partial charge is 0.374 e. The quantitative estimate of drug-likeness (QED) is 0.527. The topological polar surface area (TPSA) is 80.5 Å². The molecule has 3 heterocycles. The molecule has 3 aromatic rings. The zero-order chi connectivity index (χ0) is 22.7. The van der Waals surface area contributed by atoms with Crippen molar-refractivity contribution in [3.63, 3.8) is 0 Å². The number of nitrogens with zero attached hydrogens (tertiary/aromatic N) is 3. The Morgan fingerprint density at radius 1 is 1.28 bits per heavy atom. The van der Waals surface area contributed by atoms with Crippen molar-refractivity contribution in [2.45, 2.75) is 32.9 Å². The van der Waals surface area contributed by atoms with Crippen LogP contribution in [0.15, 0.2) is 28.8 Å². The number of carbonyl (C=O) groups excluding carboxylic acids is 1. The lowest BCUT2D eigenvalue weighted by Gasteiger charge is -2.33. The van der Waals surface area contributed by atoms with Crippen molar-refractivity contribution >= 4 is 40.4 Å². The Bertz CT molecular complexity index is 1100. The Labute approximate surface area is 200 Å². The molecule has 32 heavy (non-hydrogen) atoms. The van der Waals surface area contributed by atoms with Gasteiger partial charge in [-0.3, -0.25) is 9.69 Å². The number of hydrogen-bond acceptors (Lipinski definition) is 7. The summed E-state index contributed by atoms with van der Waals surface area (Å²) in [7, 11) is 0. The highest BCUT2D eigenvalue weighted by atomic mass is 35.5. The highest BCUT2D eigenvalue weighted by molar-refractivity contribution is 7.15. The second-order valence-corrected chi connectivity index (χ2v) is 9.82. The number of carbonyl (C=O) groups is 1. The molecule has 0 spiro atoms. The van der Waals surface area contributed by atoms with E-state index in [9.17, 15) is 4.79 Å². The number of aryl methyl sites for hydroxylation is 2. The highest BCUT2D eigenvalue weighted by Crippen LogP contribution is 2.27. The number of thiazole rings is 1. The van der Waals surface area contributed by atoms with Crippen LogP contribution >= 0.6 is 34.5 Å². The van der Waals surface area contributed by atoms with Crippen molar-refractivity contribution in [1.82, 2.24) is 20.4 Å². The lowest BCUT2D eigenvalue weighted by Crippen LogP contribution is -2.47. The van der Waals surface area contributed by atoms with Crippen LogP contribution in [0.25, 0.3) is 10.7 Å². The Hall–Kier alpha value is -1.97. The van der Waals surface area contributed by atoms with Crippen molar-refractivity contribution in [1.29, 1.82) is 0 Å². The molecular weight excluding hydrogens is 471 g/mol. The van der Waals surface area contributed by atoms with Crippen LogP contribution in [0, 0.1) is 13.8 Å². The van der Waals surface area contributed by atoms with E-state index >= 15 is 0 Å². The van der Waals surface area contributed by atoms with Crippen LogP contribution in [0.3, 0.4) is 0 Å². The number of morpholine rings is 1. The highest BCUT2D eigenvalue weighted by Gasteiger charge is 2.22. The van der Waals surface area contributed by atoms with E-state index in [0.29, 0.717) is 28.9 Å². The third kappa shape index (κ3) is 5.88. The minimum absolute atomic E-state index is 0.0688. The average Bonchev–Trinajstić information content (AvgIpc) is 3.35. The number of nitrogens with one attached hydrogen (secondary N) is 1. The Morgan fingerprint density at radius 3 is 2.88 bits per heavy atom. The van der Waals surface area contributed by atoms with Crippen molar-refractivity contribution < 1.29 is 14.1 Å². The summed E-state index contributed by atoms with van der Waals surface area (Å²) in [5, 5.41) is 8.85. The number of ether oxygens (including phenoxy) is 1. The first-order valence-electron chi connectivity index (χ1n) is 10.3. The lowest BCUT2D eigenvalue weighted by molar-refractivity contribution is -0.121. The predicted molar refractivity (Wildman–Crippen MR) is 125 cm³/mol. The summed E-state index contributed by atoms with van der Waals surface area (Å²) in [6, 6.07) is 7.52. The summed E-state index contributed by atoms with van der Waals surface area (Å²) in [5.74, 6) is 0.652. The van der Waals surface area contributed by atoms with E-state index in [4.69, 9.17) is 32.5 Å². The van der Waals surface area contributed by atoms with Gasteiger partial charge in [0, 0.05) is 37.1 Å². The normalized spacial score (nSPS) is 16.9. The van der Waals surface area contributed by atoms with Crippen LogP contribution in [0.5, 0.6) is 0 Å². The van der Waals surface area contributed by atoms with Crippen LogP contribution in [0.2, 0.25) is 10.0 Å². The summed E-state index contributed by atoms with van der Waals surface area (Å²) < 4.78 is 11.0. The molecule has 4 rings (SSSR count). The SMILES string of the molecule is Cc1cc(-c2nc(CC(=O)NC[C@H]3CN(Cc4ccc(Cl)c(Cl)c4)CCO3)c(C)s2)no1. The minimum Gasteiger partial charge on any atom is -0.374 e. The summed E-state index contributed by atoms with van der Waals surface area (Å²) in [6.45, 7) is 7.18. The van der Waals surface area contributed by atoms with Crippen molar-refractivity contribution in [2.75, 3.05) is 26.2 Å². The molecule has 0 unspecified atom stereocenters. The molecule has 1 fully saturated rings. The van der Waals surface area contributed by atoms with Gasteiger partial charge in [-0.05, 0) is 31.5 Å². The van der Waals surface area contributed by atoms with Gasteiger partial charge >= 0.3 is 0 Å². The standard InChI is InChI=1S/C22H24Cl2N4O3S/c1-13-7-20(27-31-13)22-26-19(14(2)32-22)9-21(29)25-10-16-12-28(5-6-30-16)11-15-3-4-17(23)18(24)8-15/h3-4,7-8,16H,5-6,9-12H2,1-2H3,(H,25,29)/t16-/m0/s1. The molecule has 0 bridgehead atoms. The molecule has 1 atom stereocenters. The predicted octanol–water partition coefficient (Wildman–Crippen LogP) is 4.28. The molecule has 2 aromatic heterocycles. The van der Waals surface area contributed by atoms with Gasteiger partial charge in [0.25, 0.3) is 0 Å². The molecular formula is C22H24Cl2N4O3S. The molecule has 1 N–H and O–H groups in total. The Morgan fingerprint density at radius 2 is 2.12 bits per heavy atom. The summed E-state index contributed by atoms with van der Waals surface area (Å²) >= 11 is 13.6. The van der Waals surface area contributed by atoms with Gasteiger partial charge in [-0.15, -0.1) is 11.3 Å². The third-order valence-corrected chi connectivity index (χ3v) is 6.98. The molecule has 1 aliphatic rings. The zero-order valence-electron chi connectivity index (χ0n) is 17.9. The van der Waals surface area contributed by atoms with Crippen LogP contribution < -0.4 is 5.32 Å². The fraction of sp³-hybridized carbons (Fsp3) is 0.409. The zero-order valence-corrected chi connectivity index (χ0v) is 20.2. The number of rotatable bonds is 7. The Kier molecular flexibility index (Phi) is 7.48. The minimum atomic E-state index is -0.0773. The molecule has 1 aliphatic heterocycles. The first-order valence-corrected chi connectivity index (χ1v) is 11.9. The van der Waals surface area contributed by atoms with Crippen LogP contribution in [0.4, 0.5) is 0 Å². The van der Waals surface area contributed by atoms with Gasteiger partial charge in [-0.25, -0.2) is 4.98 Å². The molecule has 0 aliphatic carbocycles. The van der Waals surface area contributed by atoms with Crippen LogP contribution in [-0.2, 0) is 22.5 Å². The first-order chi connectivity index (χ1) is 15.4.